The third-order valence-electron chi connectivity index (χ3n) is 7.08. The van der Waals surface area contributed by atoms with Crippen molar-refractivity contribution < 1.29 is 46.4 Å². The van der Waals surface area contributed by atoms with Gasteiger partial charge in [0.2, 0.25) is 0 Å². The van der Waals surface area contributed by atoms with E-state index in [1.807, 2.05) is 0 Å². The molecule has 0 aromatic heterocycles. The number of amides is 1. The number of alkyl halides is 3. The summed E-state index contributed by atoms with van der Waals surface area (Å²) in [4.78, 5) is 28.0. The van der Waals surface area contributed by atoms with Crippen molar-refractivity contribution in [3.05, 3.63) is 82.4 Å². The van der Waals surface area contributed by atoms with Crippen LogP contribution in [-0.2, 0) is 31.8 Å². The molecule has 3 aromatic rings. The molecule has 0 spiro atoms. The van der Waals surface area contributed by atoms with Crippen molar-refractivity contribution in [2.45, 2.75) is 45.2 Å². The van der Waals surface area contributed by atoms with Crippen LogP contribution in [0.25, 0.3) is 0 Å². The lowest BCUT2D eigenvalue weighted by molar-refractivity contribution is -0.151. The van der Waals surface area contributed by atoms with Gasteiger partial charge in [0.05, 0.1) is 52.2 Å². The van der Waals surface area contributed by atoms with E-state index in [-0.39, 0.29) is 24.4 Å². The number of rotatable bonds is 9. The normalized spacial score (nSPS) is 16.9. The van der Waals surface area contributed by atoms with Gasteiger partial charge in [0.25, 0.3) is 5.91 Å². The fourth-order valence-electron chi connectivity index (χ4n) is 4.98. The molecule has 1 heterocycles. The Bertz CT molecular complexity index is 1460. The predicted molar refractivity (Wildman–Crippen MR) is 148 cm³/mol. The average Bonchev–Trinajstić information content (AvgIpc) is 3.07. The molecule has 1 aliphatic rings. The number of esters is 1. The minimum absolute atomic E-state index is 0.0834. The van der Waals surface area contributed by atoms with Crippen LogP contribution in [0.3, 0.4) is 0 Å². The van der Waals surface area contributed by atoms with Crippen LogP contribution in [0.15, 0.2) is 54.6 Å². The van der Waals surface area contributed by atoms with Gasteiger partial charge >= 0.3 is 12.1 Å². The Morgan fingerprint density at radius 3 is 2.33 bits per heavy atom. The molecule has 2 atom stereocenters. The van der Waals surface area contributed by atoms with E-state index in [1.54, 1.807) is 50.2 Å². The zero-order chi connectivity index (χ0) is 30.6. The molecule has 4 rings (SSSR count). The van der Waals surface area contributed by atoms with Crippen LogP contribution in [0.5, 0.6) is 17.2 Å². The molecular weight excluding hydrogens is 555 g/mol. The van der Waals surface area contributed by atoms with Gasteiger partial charge in [0.15, 0.2) is 0 Å². The van der Waals surface area contributed by atoms with Gasteiger partial charge in [-0.15, -0.1) is 0 Å². The number of nitrogens with zero attached hydrogens (tertiary/aromatic N) is 1. The van der Waals surface area contributed by atoms with Crippen LogP contribution in [0.4, 0.5) is 18.9 Å². The van der Waals surface area contributed by atoms with Gasteiger partial charge < -0.3 is 28.6 Å². The van der Waals surface area contributed by atoms with E-state index >= 15 is 0 Å². The van der Waals surface area contributed by atoms with Gasteiger partial charge in [-0.1, -0.05) is 12.1 Å². The van der Waals surface area contributed by atoms with Crippen molar-refractivity contribution in [1.82, 2.24) is 0 Å². The number of carbonyl (C=O) groups excluding carboxylic acids is 2. The molecule has 0 saturated carbocycles. The minimum atomic E-state index is -4.66. The maximum atomic E-state index is 14.1. The van der Waals surface area contributed by atoms with Gasteiger partial charge in [-0.05, 0) is 61.4 Å². The summed E-state index contributed by atoms with van der Waals surface area (Å²) in [7, 11) is 4.44. The van der Waals surface area contributed by atoms with Crippen LogP contribution < -0.4 is 19.1 Å². The summed E-state index contributed by atoms with van der Waals surface area (Å²) in [5.74, 6) is 0.112. The monoisotopic (exact) mass is 587 g/mol. The van der Waals surface area contributed by atoms with Crippen molar-refractivity contribution in [3.63, 3.8) is 0 Å². The molecule has 0 bridgehead atoms. The molecule has 11 heteroatoms. The number of benzene rings is 3. The first kappa shape index (κ1) is 30.7. The number of fused-ring (bicyclic) bond motifs is 1. The van der Waals surface area contributed by atoms with Gasteiger partial charge in [-0.3, -0.25) is 9.59 Å². The molecule has 0 saturated heterocycles. The van der Waals surface area contributed by atoms with Crippen molar-refractivity contribution >= 4 is 17.6 Å². The van der Waals surface area contributed by atoms with E-state index in [0.717, 1.165) is 12.1 Å². The van der Waals surface area contributed by atoms with E-state index in [0.29, 0.717) is 33.9 Å². The first-order valence-electron chi connectivity index (χ1n) is 13.2. The lowest BCUT2D eigenvalue weighted by Gasteiger charge is -2.26. The number of anilines is 1. The number of ether oxygens (including phenoxy) is 5. The zero-order valence-corrected chi connectivity index (χ0v) is 23.9. The third kappa shape index (κ3) is 6.30. The molecular formula is C31H32F3NO7. The Balaban J connectivity index is 1.95. The summed E-state index contributed by atoms with van der Waals surface area (Å²) in [5, 5.41) is 0. The smallest absolute Gasteiger partial charge is 0.416 e. The van der Waals surface area contributed by atoms with Crippen molar-refractivity contribution in [1.29, 1.82) is 0 Å². The van der Waals surface area contributed by atoms with Crippen molar-refractivity contribution in [2.75, 3.05) is 32.8 Å². The highest BCUT2D eigenvalue weighted by molar-refractivity contribution is 6.00. The van der Waals surface area contributed by atoms with Crippen molar-refractivity contribution in [3.8, 4) is 17.2 Å². The van der Waals surface area contributed by atoms with Crippen LogP contribution in [0.2, 0.25) is 0 Å². The average molecular weight is 588 g/mol. The highest BCUT2D eigenvalue weighted by atomic mass is 19.4. The summed E-state index contributed by atoms with van der Waals surface area (Å²) < 4.78 is 69.6. The Hall–Kier alpha value is -4.25. The fourth-order valence-corrected chi connectivity index (χ4v) is 4.98. The van der Waals surface area contributed by atoms with Gasteiger partial charge in [-0.2, -0.15) is 13.2 Å². The molecule has 42 heavy (non-hydrogen) atoms. The topological polar surface area (TPSA) is 83.5 Å². The van der Waals surface area contributed by atoms with E-state index < -0.39 is 42.2 Å². The Morgan fingerprint density at radius 2 is 1.69 bits per heavy atom. The number of hydrogen-bond donors (Lipinski definition) is 0. The van der Waals surface area contributed by atoms with Crippen LogP contribution in [-0.4, -0.2) is 45.9 Å². The fraction of sp³-hybridized carbons (Fsp3) is 0.355. The van der Waals surface area contributed by atoms with Crippen LogP contribution in [0.1, 0.15) is 47.3 Å². The van der Waals surface area contributed by atoms with E-state index in [4.69, 9.17) is 23.7 Å². The second kappa shape index (κ2) is 12.7. The summed E-state index contributed by atoms with van der Waals surface area (Å²) >= 11 is 0. The maximum absolute atomic E-state index is 14.1. The molecule has 1 aliphatic heterocycles. The summed E-state index contributed by atoms with van der Waals surface area (Å²) in [6.45, 7) is 3.38. The molecule has 1 amide bonds. The van der Waals surface area contributed by atoms with Crippen molar-refractivity contribution in [2.24, 2.45) is 0 Å². The summed E-state index contributed by atoms with van der Waals surface area (Å²) in [5.41, 5.74) is 1.05. The highest BCUT2D eigenvalue weighted by Crippen LogP contribution is 2.44. The van der Waals surface area contributed by atoms with E-state index in [2.05, 4.69) is 0 Å². The summed E-state index contributed by atoms with van der Waals surface area (Å²) in [6, 6.07) is 13.3. The Labute approximate surface area is 241 Å². The van der Waals surface area contributed by atoms with Gasteiger partial charge in [0.1, 0.15) is 29.5 Å². The van der Waals surface area contributed by atoms with Gasteiger partial charge in [0, 0.05) is 17.2 Å². The SMILES string of the molecule is CCOC(=O)C[C@H]1O[C@H](c2cccc(OC)c2C)c2cc(C(F)(F)F)ccc2N(Cc2ccc(OC)cc2OC)C1=O. The molecule has 0 fully saturated rings. The first-order valence-corrected chi connectivity index (χ1v) is 13.2. The minimum Gasteiger partial charge on any atom is -0.497 e. The quantitative estimate of drug-likeness (QED) is 0.284. The Morgan fingerprint density at radius 1 is 0.952 bits per heavy atom. The molecule has 8 nitrogen and oxygen atoms in total. The van der Waals surface area contributed by atoms with Gasteiger partial charge in [-0.25, -0.2) is 0 Å². The number of halogens is 3. The lowest BCUT2D eigenvalue weighted by Crippen LogP contribution is -2.40. The molecule has 0 aliphatic carbocycles. The number of carbonyl (C=O) groups is 2. The standard InChI is InChI=1S/C31H32F3NO7/c1-6-41-28(36)16-27-30(37)35(17-19-10-12-21(38-3)15-26(19)40-5)24-13-11-20(31(32,33)34)14-23(24)29(42-27)22-8-7-9-25(39-4)18(22)2/h7-15,27,29H,6,16-17H2,1-5H3/t27-,29-/m1/s1. The van der Waals surface area contributed by atoms with E-state index in [9.17, 15) is 22.8 Å². The highest BCUT2D eigenvalue weighted by Gasteiger charge is 2.41. The lowest BCUT2D eigenvalue weighted by atomic mass is 9.93. The zero-order valence-electron chi connectivity index (χ0n) is 23.9. The molecule has 0 radical (unpaired) electrons. The molecule has 0 N–H and O–H groups in total. The van der Waals surface area contributed by atoms with Crippen LogP contribution >= 0.6 is 0 Å². The second-order valence-electron chi connectivity index (χ2n) is 9.56. The Kier molecular flexibility index (Phi) is 9.30. The number of methoxy groups -OCH3 is 3. The molecule has 0 unspecified atom stereocenters. The maximum Gasteiger partial charge on any atom is 0.416 e. The number of hydrogen-bond acceptors (Lipinski definition) is 7. The molecule has 224 valence electrons. The predicted octanol–water partition coefficient (Wildman–Crippen LogP) is 6.01. The summed E-state index contributed by atoms with van der Waals surface area (Å²) in [6.07, 6.45) is -7.62. The largest absolute Gasteiger partial charge is 0.497 e. The van der Waals surface area contributed by atoms with E-state index in [1.165, 1.54) is 32.3 Å². The first-order chi connectivity index (χ1) is 20.0. The van der Waals surface area contributed by atoms with Crippen LogP contribution in [0, 0.1) is 6.92 Å². The second-order valence-corrected chi connectivity index (χ2v) is 9.56. The third-order valence-corrected chi connectivity index (χ3v) is 7.08. The molecule has 3 aromatic carbocycles.